The Hall–Kier alpha value is -0.930. The van der Waals surface area contributed by atoms with E-state index >= 15 is 0 Å². The highest BCUT2D eigenvalue weighted by Crippen LogP contribution is 2.31. The van der Waals surface area contributed by atoms with E-state index in [4.69, 9.17) is 16.7 Å². The third-order valence-corrected chi connectivity index (χ3v) is 3.72. The van der Waals surface area contributed by atoms with Crippen molar-refractivity contribution in [3.63, 3.8) is 0 Å². The Labute approximate surface area is 104 Å². The minimum Gasteiger partial charge on any atom is -0.478 e. The first-order chi connectivity index (χ1) is 7.54. The Morgan fingerprint density at radius 2 is 1.94 bits per heavy atom. The van der Waals surface area contributed by atoms with Crippen molar-refractivity contribution in [2.75, 3.05) is 0 Å². The Balaban J connectivity index is 2.90. The van der Waals surface area contributed by atoms with Crippen molar-refractivity contribution in [2.45, 2.75) is 25.2 Å². The van der Waals surface area contributed by atoms with Crippen LogP contribution >= 0.6 is 23.4 Å². The first-order valence-corrected chi connectivity index (χ1v) is 6.10. The van der Waals surface area contributed by atoms with Crippen LogP contribution in [0.1, 0.15) is 20.3 Å². The van der Waals surface area contributed by atoms with Crippen LogP contribution in [-0.2, 0) is 4.79 Å². The molecule has 0 saturated heterocycles. The summed E-state index contributed by atoms with van der Waals surface area (Å²) >= 11 is 7.25. The van der Waals surface area contributed by atoms with Crippen LogP contribution in [0.2, 0.25) is 5.02 Å². The first kappa shape index (κ1) is 13.1. The average molecular weight is 257 g/mol. The van der Waals surface area contributed by atoms with E-state index in [0.29, 0.717) is 17.0 Å². The molecular weight excluding hydrogens is 244 g/mol. The first-order valence-electron chi connectivity index (χ1n) is 4.91. The van der Waals surface area contributed by atoms with E-state index in [1.807, 2.05) is 19.1 Å². The molecule has 1 aromatic carbocycles. The minimum absolute atomic E-state index is 0.405. The quantitative estimate of drug-likeness (QED) is 0.648. The molecule has 86 valence electrons. The van der Waals surface area contributed by atoms with Crippen LogP contribution in [0.15, 0.2) is 39.6 Å². The fraction of sp³-hybridized carbons (Fsp3) is 0.250. The van der Waals surface area contributed by atoms with Gasteiger partial charge in [-0.15, -0.1) is 0 Å². The van der Waals surface area contributed by atoms with Gasteiger partial charge in [0.25, 0.3) is 0 Å². The molecule has 0 bridgehead atoms. The summed E-state index contributed by atoms with van der Waals surface area (Å²) in [6, 6.07) is 7.37. The molecule has 0 fully saturated rings. The molecule has 16 heavy (non-hydrogen) atoms. The molecule has 4 heteroatoms. The van der Waals surface area contributed by atoms with Gasteiger partial charge in [0, 0.05) is 15.5 Å². The summed E-state index contributed by atoms with van der Waals surface area (Å²) < 4.78 is 0. The van der Waals surface area contributed by atoms with Gasteiger partial charge in [0.2, 0.25) is 0 Å². The number of rotatable bonds is 4. The van der Waals surface area contributed by atoms with Gasteiger partial charge in [-0.2, -0.15) is 0 Å². The molecule has 0 amide bonds. The van der Waals surface area contributed by atoms with Crippen molar-refractivity contribution in [3.05, 3.63) is 39.8 Å². The lowest BCUT2D eigenvalue weighted by Crippen LogP contribution is -1.99. The number of hydrogen-bond donors (Lipinski definition) is 1. The van der Waals surface area contributed by atoms with Gasteiger partial charge in [0.15, 0.2) is 0 Å². The second kappa shape index (κ2) is 5.97. The van der Waals surface area contributed by atoms with Crippen molar-refractivity contribution in [1.82, 2.24) is 0 Å². The molecule has 0 unspecified atom stereocenters. The molecule has 1 aromatic rings. The van der Waals surface area contributed by atoms with Crippen LogP contribution in [0.3, 0.4) is 0 Å². The topological polar surface area (TPSA) is 37.3 Å². The predicted molar refractivity (Wildman–Crippen MR) is 67.9 cm³/mol. The lowest BCUT2D eigenvalue weighted by Gasteiger charge is -2.07. The third kappa shape index (κ3) is 3.58. The monoisotopic (exact) mass is 256 g/mol. The Kier molecular flexibility index (Phi) is 4.90. The van der Waals surface area contributed by atoms with Gasteiger partial charge >= 0.3 is 5.97 Å². The summed E-state index contributed by atoms with van der Waals surface area (Å²) in [6.45, 7) is 3.58. The Morgan fingerprint density at radius 1 is 1.38 bits per heavy atom. The summed E-state index contributed by atoms with van der Waals surface area (Å²) in [5.74, 6) is -0.863. The molecule has 0 heterocycles. The molecule has 0 aliphatic heterocycles. The maximum atomic E-state index is 10.9. The number of hydrogen-bond acceptors (Lipinski definition) is 2. The van der Waals surface area contributed by atoms with E-state index in [2.05, 4.69) is 0 Å². The van der Waals surface area contributed by atoms with Gasteiger partial charge in [-0.3, -0.25) is 0 Å². The fourth-order valence-electron chi connectivity index (χ4n) is 1.18. The molecule has 0 aliphatic carbocycles. The largest absolute Gasteiger partial charge is 0.478 e. The van der Waals surface area contributed by atoms with Crippen molar-refractivity contribution in [3.8, 4) is 0 Å². The molecule has 0 radical (unpaired) electrons. The number of carbonyl (C=O) groups is 1. The van der Waals surface area contributed by atoms with E-state index in [0.717, 1.165) is 9.80 Å². The van der Waals surface area contributed by atoms with Crippen LogP contribution < -0.4 is 0 Å². The molecule has 0 aromatic heterocycles. The normalized spacial score (nSPS) is 12.2. The zero-order chi connectivity index (χ0) is 12.1. The van der Waals surface area contributed by atoms with Crippen LogP contribution in [-0.4, -0.2) is 11.1 Å². The number of carboxylic acid groups (broad SMARTS) is 1. The lowest BCUT2D eigenvalue weighted by molar-refractivity contribution is -0.132. The highest BCUT2D eigenvalue weighted by Gasteiger charge is 2.09. The highest BCUT2D eigenvalue weighted by atomic mass is 35.5. The summed E-state index contributed by atoms with van der Waals surface area (Å²) in [4.78, 5) is 12.7. The number of aliphatic carboxylic acids is 1. The van der Waals surface area contributed by atoms with Gasteiger partial charge in [-0.05, 0) is 42.5 Å². The van der Waals surface area contributed by atoms with Crippen molar-refractivity contribution in [2.24, 2.45) is 0 Å². The van der Waals surface area contributed by atoms with E-state index in [1.54, 1.807) is 19.1 Å². The molecule has 0 spiro atoms. The van der Waals surface area contributed by atoms with Crippen LogP contribution in [0.4, 0.5) is 0 Å². The second-order valence-corrected chi connectivity index (χ2v) is 4.87. The molecule has 0 atom stereocenters. The van der Waals surface area contributed by atoms with E-state index in [9.17, 15) is 4.79 Å². The molecule has 1 rings (SSSR count). The van der Waals surface area contributed by atoms with Crippen molar-refractivity contribution < 1.29 is 9.90 Å². The Morgan fingerprint density at radius 3 is 2.38 bits per heavy atom. The average Bonchev–Trinajstić information content (AvgIpc) is 2.27. The number of carboxylic acids is 1. The SMILES string of the molecule is CC/C(Sc1ccc(Cl)cc1)=C(/C)C(=O)O. The second-order valence-electron chi connectivity index (χ2n) is 3.26. The number of halogens is 1. The van der Waals surface area contributed by atoms with Crippen LogP contribution in [0, 0.1) is 0 Å². The van der Waals surface area contributed by atoms with E-state index < -0.39 is 5.97 Å². The van der Waals surface area contributed by atoms with Gasteiger partial charge in [-0.1, -0.05) is 30.3 Å². The van der Waals surface area contributed by atoms with Crippen molar-refractivity contribution >= 4 is 29.3 Å². The van der Waals surface area contributed by atoms with E-state index in [-0.39, 0.29) is 0 Å². The van der Waals surface area contributed by atoms with Gasteiger partial charge in [0.05, 0.1) is 0 Å². The standard InChI is InChI=1S/C12H13ClO2S/c1-3-11(8(2)12(14)15)16-10-6-4-9(13)5-7-10/h4-7H,3H2,1-2H3,(H,14,15)/b11-8+. The molecular formula is C12H13ClO2S. The highest BCUT2D eigenvalue weighted by molar-refractivity contribution is 8.03. The Bertz CT molecular complexity index is 410. The van der Waals surface area contributed by atoms with E-state index in [1.165, 1.54) is 11.8 Å². The molecule has 2 nitrogen and oxygen atoms in total. The van der Waals surface area contributed by atoms with Crippen molar-refractivity contribution in [1.29, 1.82) is 0 Å². The van der Waals surface area contributed by atoms with Crippen LogP contribution in [0.5, 0.6) is 0 Å². The predicted octanol–water partition coefficient (Wildman–Crippen LogP) is 4.20. The summed E-state index contributed by atoms with van der Waals surface area (Å²) in [7, 11) is 0. The zero-order valence-electron chi connectivity index (χ0n) is 9.16. The van der Waals surface area contributed by atoms with Gasteiger partial charge in [-0.25, -0.2) is 4.79 Å². The maximum absolute atomic E-state index is 10.9. The number of thioether (sulfide) groups is 1. The van der Waals surface area contributed by atoms with Crippen LogP contribution in [0.25, 0.3) is 0 Å². The van der Waals surface area contributed by atoms with Gasteiger partial charge < -0.3 is 5.11 Å². The third-order valence-electron chi connectivity index (χ3n) is 2.11. The number of benzene rings is 1. The zero-order valence-corrected chi connectivity index (χ0v) is 10.7. The summed E-state index contributed by atoms with van der Waals surface area (Å²) in [6.07, 6.45) is 0.714. The molecule has 0 saturated carbocycles. The lowest BCUT2D eigenvalue weighted by atomic mass is 10.2. The maximum Gasteiger partial charge on any atom is 0.332 e. The minimum atomic E-state index is -0.863. The molecule has 1 N–H and O–H groups in total. The smallest absolute Gasteiger partial charge is 0.332 e. The molecule has 0 aliphatic rings. The fourth-order valence-corrected chi connectivity index (χ4v) is 2.25. The summed E-state index contributed by atoms with van der Waals surface area (Å²) in [5, 5.41) is 9.60. The number of allylic oxidation sites excluding steroid dienone is 1. The summed E-state index contributed by atoms with van der Waals surface area (Å²) in [5.41, 5.74) is 0.405. The van der Waals surface area contributed by atoms with Gasteiger partial charge in [0.1, 0.15) is 0 Å².